The van der Waals surface area contributed by atoms with Gasteiger partial charge < -0.3 is 30.1 Å². The minimum Gasteiger partial charge on any atom is -0.643 e. The molecule has 0 aliphatic rings. The van der Waals surface area contributed by atoms with Gasteiger partial charge in [0.05, 0.1) is 16.7 Å². The van der Waals surface area contributed by atoms with Crippen LogP contribution in [0.25, 0.3) is 174 Å². The van der Waals surface area contributed by atoms with Gasteiger partial charge in [0.2, 0.25) is 0 Å². The van der Waals surface area contributed by atoms with Gasteiger partial charge in [-0.15, -0.1) is 11.0 Å². The number of aliphatic hydroxyl groups is 2. The van der Waals surface area contributed by atoms with E-state index >= 15 is 0 Å². The fourth-order valence-corrected chi connectivity index (χ4v) is 17.5. The van der Waals surface area contributed by atoms with Crippen LogP contribution in [0.2, 0.25) is 0 Å². The Morgan fingerprint density at radius 3 is 0.927 bits per heavy atom. The number of hydrogen-bond donors (Lipinski definition) is 2. The van der Waals surface area contributed by atoms with Gasteiger partial charge >= 0.3 is 19.5 Å². The molecule has 0 amide bonds. The van der Waals surface area contributed by atoms with Crippen molar-refractivity contribution in [2.75, 3.05) is 0 Å². The Kier molecular flexibility index (Phi) is 24.5. The summed E-state index contributed by atoms with van der Waals surface area (Å²) in [6.07, 6.45) is -0.333. The first-order valence-corrected chi connectivity index (χ1v) is 44.1. The van der Waals surface area contributed by atoms with Crippen molar-refractivity contribution >= 4 is 141 Å². The van der Waals surface area contributed by atoms with E-state index in [9.17, 15) is 0 Å². The largest absolute Gasteiger partial charge is 2.00 e. The minimum atomic E-state index is -0.167. The second-order valence-electron chi connectivity index (χ2n) is 41.0. The van der Waals surface area contributed by atoms with E-state index in [0.29, 0.717) is 0 Å². The van der Waals surface area contributed by atoms with Crippen molar-refractivity contribution in [1.82, 2.24) is 19.9 Å². The molecule has 20 rings (SSSR count). The average Bonchev–Trinajstić information content (AvgIpc) is 1.48. The second kappa shape index (κ2) is 34.1. The van der Waals surface area contributed by atoms with Gasteiger partial charge in [-0.1, -0.05) is 381 Å². The molecule has 0 saturated carbocycles. The van der Waals surface area contributed by atoms with Gasteiger partial charge in [0, 0.05) is 89.6 Å². The Morgan fingerprint density at radius 1 is 0.258 bits per heavy atom. The Labute approximate surface area is 747 Å². The molecule has 20 aromatic rings. The molecule has 0 unspecified atom stereocenters. The number of aromatic nitrogens is 4. The number of benzene rings is 14. The van der Waals surface area contributed by atoms with E-state index in [1.165, 1.54) is 131 Å². The first kappa shape index (κ1) is 89.1. The topological polar surface area (TPSA) is 96.9 Å². The minimum absolute atomic E-state index is 0. The predicted octanol–water partition coefficient (Wildman–Crippen LogP) is 31.5. The third kappa shape index (κ3) is 17.7. The number of nitrogens with zero attached hydrogens (tertiary/aromatic N) is 4. The van der Waals surface area contributed by atoms with Crippen LogP contribution in [0.15, 0.2) is 261 Å². The summed E-state index contributed by atoms with van der Waals surface area (Å²) in [5.41, 5.74) is 24.1. The van der Waals surface area contributed by atoms with Crippen LogP contribution in [-0.2, 0) is 52.0 Å². The molecule has 0 aliphatic heterocycles. The molecule has 5 aromatic heterocycles. The van der Waals surface area contributed by atoms with Crippen molar-refractivity contribution in [3.63, 3.8) is 0 Å². The summed E-state index contributed by atoms with van der Waals surface area (Å²) < 4.78 is 0. The molecule has 0 radical (unpaired) electrons. The summed E-state index contributed by atoms with van der Waals surface area (Å²) in [4.78, 5) is 24.2. The SMILES string of the molecule is CC(C)(C)c1cc(-[c+]2c3ccc([n-]3)c3c4cc5c6ccccc6c6ccc7c8ccccc8c8cc(c9cc([n-]c93)[c+](-c3cc(C(C)(C)C)cc(C(C)(C)C)c3)c3ccc([n-]3)[c+](-c3cc(C(C)(C)C)cc(C(C)(C)C)c3)c3ccc2[n-]3)c4c2c5c6c7[c-]82)cc(C(C)(C)C)c1.CC(C)O.CC(C)O.Cc1ccccc1.Cc1ccccc1.Cc1ccccc1.[Zn+2]. The third-order valence-electron chi connectivity index (χ3n) is 24.1. The quantitative estimate of drug-likeness (QED) is 0.0792. The first-order chi connectivity index (χ1) is 58.0. The number of hydrogen-bond acceptors (Lipinski definition) is 2. The molecular formula is C117H122N4O2Zn. The number of aliphatic hydroxyl groups excluding tert-OH is 2. The van der Waals surface area contributed by atoms with E-state index in [-0.39, 0.29) is 64.2 Å². The Bertz CT molecular complexity index is 7100. The summed E-state index contributed by atoms with van der Waals surface area (Å²) in [7, 11) is 0. The Balaban J connectivity index is 0.000000356. The van der Waals surface area contributed by atoms with E-state index in [4.69, 9.17) is 30.1 Å². The van der Waals surface area contributed by atoms with Gasteiger partial charge in [0.25, 0.3) is 0 Å². The maximum absolute atomic E-state index is 8.06. The zero-order valence-corrected chi connectivity index (χ0v) is 80.8. The molecule has 0 spiro atoms. The molecule has 0 aliphatic carbocycles. The van der Waals surface area contributed by atoms with Gasteiger partial charge in [0.15, 0.2) is 0 Å². The maximum atomic E-state index is 8.06. The number of fused-ring (bicyclic) bond motifs is 16. The molecule has 8 bridgehead atoms. The van der Waals surface area contributed by atoms with E-state index in [0.717, 1.165) is 93.7 Å². The predicted molar refractivity (Wildman–Crippen MR) is 535 cm³/mol. The van der Waals surface area contributed by atoms with Crippen molar-refractivity contribution in [1.29, 1.82) is 0 Å². The Hall–Kier alpha value is -11.2. The standard InChI is InChI=1S/C90H82N4.3C7H8.2C3H8O.Zn/c1-85(2,3)50-35-47(36-51(41-50)86(4,5)6)74-67-29-30-68(91-67)75(48-37-52(87(7,8)9)42-53(38-48)88(10,11)12)70-33-34-72(93-70)78-66-45-63-59-26-22-20-24-57(59)61-28-27-60-56-23-19-21-25-58(56)62-44-64(77(66)83-81(62)79(60)80(61)82(63)83)65-46-73(94-84(65)78)76(71-32-31-69(74)92-71)49-39-54(89(13,14)15)43-55(40-49)90(16,17)18;3*1-7-5-3-2-4-6-7;2*1-3(2)4;/h19-46H,1-18H3;3*2-6H,1H3;2*3-4H,1-2H3;/q-2;;;;;;+2. The second-order valence-corrected chi connectivity index (χ2v) is 41.0. The summed E-state index contributed by atoms with van der Waals surface area (Å²) >= 11 is 0. The van der Waals surface area contributed by atoms with Crippen molar-refractivity contribution in [3.05, 3.63) is 311 Å². The van der Waals surface area contributed by atoms with Crippen molar-refractivity contribution in [2.24, 2.45) is 0 Å². The molecule has 0 atom stereocenters. The Morgan fingerprint density at radius 2 is 0.565 bits per heavy atom. The van der Waals surface area contributed by atoms with Crippen LogP contribution in [0, 0.1) is 20.8 Å². The van der Waals surface area contributed by atoms with Crippen molar-refractivity contribution in [2.45, 2.75) is 218 Å². The molecule has 7 heteroatoms. The third-order valence-corrected chi connectivity index (χ3v) is 24.1. The van der Waals surface area contributed by atoms with Gasteiger partial charge in [0.1, 0.15) is 0 Å². The summed E-state index contributed by atoms with van der Waals surface area (Å²) in [5, 5.41) is 38.9. The van der Waals surface area contributed by atoms with Crippen molar-refractivity contribution < 1.29 is 29.7 Å². The molecule has 6 nitrogen and oxygen atoms in total. The summed E-state index contributed by atoms with van der Waals surface area (Å²) in [6, 6.07) is 96.6. The monoisotopic (exact) mass is 1680 g/mol. The average molecular weight is 1680 g/mol. The molecule has 15 aromatic carbocycles. The van der Waals surface area contributed by atoms with Gasteiger partial charge in [-0.3, -0.25) is 0 Å². The molecule has 0 saturated heterocycles. The van der Waals surface area contributed by atoms with E-state index in [2.05, 4.69) is 352 Å². The van der Waals surface area contributed by atoms with Crippen molar-refractivity contribution in [3.8, 4) is 33.4 Å². The van der Waals surface area contributed by atoms with Crippen LogP contribution in [-0.4, -0.2) is 22.4 Å². The fourth-order valence-electron chi connectivity index (χ4n) is 17.5. The summed E-state index contributed by atoms with van der Waals surface area (Å²) in [6.45, 7) is 55.1. The molecule has 624 valence electrons. The zero-order valence-electron chi connectivity index (χ0n) is 77.9. The van der Waals surface area contributed by atoms with Gasteiger partial charge in [-0.2, -0.15) is 0 Å². The molecule has 124 heavy (non-hydrogen) atoms. The molecule has 0 fully saturated rings. The maximum Gasteiger partial charge on any atom is 2.00 e. The smallest absolute Gasteiger partial charge is 0.643 e. The van der Waals surface area contributed by atoms with Crippen LogP contribution in [0.5, 0.6) is 0 Å². The van der Waals surface area contributed by atoms with Crippen LogP contribution in [0.1, 0.15) is 202 Å². The van der Waals surface area contributed by atoms with E-state index < -0.39 is 0 Å². The normalized spacial score (nSPS) is 12.4. The molecule has 5 heterocycles. The van der Waals surface area contributed by atoms with Crippen LogP contribution in [0.3, 0.4) is 0 Å². The first-order valence-electron chi connectivity index (χ1n) is 44.1. The number of aryl methyl sites for hydroxylation is 3. The van der Waals surface area contributed by atoms with E-state index in [1.54, 1.807) is 27.7 Å². The fraction of sp³-hybridized carbons (Fsp3) is 0.282. The summed E-state index contributed by atoms with van der Waals surface area (Å²) in [5.74, 6) is 0. The zero-order chi connectivity index (χ0) is 88.1. The van der Waals surface area contributed by atoms with Gasteiger partial charge in [-0.05, 0) is 205 Å². The number of rotatable bonds is 3. The molecular weight excluding hydrogens is 1560 g/mol. The van der Waals surface area contributed by atoms with E-state index in [1.807, 2.05) is 54.6 Å². The van der Waals surface area contributed by atoms with Crippen LogP contribution < -0.4 is 19.9 Å². The van der Waals surface area contributed by atoms with Gasteiger partial charge in [-0.25, -0.2) is 0 Å². The van der Waals surface area contributed by atoms with Crippen LogP contribution in [0.4, 0.5) is 0 Å². The van der Waals surface area contributed by atoms with Crippen LogP contribution >= 0.6 is 0 Å². The molecule has 2 N–H and O–H groups in total.